The fourth-order valence-corrected chi connectivity index (χ4v) is 1.40. The summed E-state index contributed by atoms with van der Waals surface area (Å²) in [5.74, 6) is 0.154. The molecule has 2 amide bonds. The summed E-state index contributed by atoms with van der Waals surface area (Å²) < 4.78 is 12.0. The molecule has 7 heteroatoms. The summed E-state index contributed by atoms with van der Waals surface area (Å²) >= 11 is 0. The van der Waals surface area contributed by atoms with Gasteiger partial charge in [0.15, 0.2) is 5.82 Å². The average Bonchev–Trinajstić information content (AvgIpc) is 2.58. The molecular formula is C14H23N3O4. The fraction of sp³-hybridized carbons (Fsp3) is 0.643. The van der Waals surface area contributed by atoms with Crippen LogP contribution in [0.5, 0.6) is 0 Å². The van der Waals surface area contributed by atoms with Crippen molar-refractivity contribution in [3.63, 3.8) is 0 Å². The first-order valence-electron chi connectivity index (χ1n) is 6.65. The van der Waals surface area contributed by atoms with Crippen molar-refractivity contribution in [3.8, 4) is 0 Å². The third-order valence-electron chi connectivity index (χ3n) is 2.08. The summed E-state index contributed by atoms with van der Waals surface area (Å²) in [5.41, 5.74) is -1.46. The second-order valence-electron chi connectivity index (χ2n) is 6.64. The van der Waals surface area contributed by atoms with E-state index in [1.807, 2.05) is 0 Å². The average molecular weight is 297 g/mol. The molecule has 1 heterocycles. The van der Waals surface area contributed by atoms with Crippen molar-refractivity contribution >= 4 is 18.0 Å². The van der Waals surface area contributed by atoms with E-state index in [0.717, 1.165) is 4.90 Å². The standard InChI is InChI=1S/C14H23N3O4/c1-13(2,3)20-11(18)17(10-8-9-16(7)15-10)12(19)21-14(4,5)6/h8-9H,1-7H3. The molecule has 1 aromatic rings. The monoisotopic (exact) mass is 297 g/mol. The molecule has 0 aromatic carbocycles. The molecule has 1 aromatic heterocycles. The molecule has 118 valence electrons. The number of aromatic nitrogens is 2. The Kier molecular flexibility index (Phi) is 4.65. The Morgan fingerprint density at radius 1 is 1.05 bits per heavy atom. The predicted molar refractivity (Wildman–Crippen MR) is 78.2 cm³/mol. The molecule has 0 saturated carbocycles. The van der Waals surface area contributed by atoms with Crippen LogP contribution in [0.25, 0.3) is 0 Å². The minimum absolute atomic E-state index is 0.154. The van der Waals surface area contributed by atoms with E-state index in [0.29, 0.717) is 0 Å². The zero-order chi connectivity index (χ0) is 16.4. The lowest BCUT2D eigenvalue weighted by atomic mass is 10.2. The molecule has 0 unspecified atom stereocenters. The molecule has 0 bridgehead atoms. The zero-order valence-electron chi connectivity index (χ0n) is 13.6. The topological polar surface area (TPSA) is 73.7 Å². The molecule has 0 radical (unpaired) electrons. The summed E-state index contributed by atoms with van der Waals surface area (Å²) in [6.45, 7) is 10.3. The van der Waals surface area contributed by atoms with Crippen molar-refractivity contribution < 1.29 is 19.1 Å². The Morgan fingerprint density at radius 3 is 1.76 bits per heavy atom. The highest BCUT2D eigenvalue weighted by atomic mass is 16.6. The molecule has 1 rings (SSSR count). The van der Waals surface area contributed by atoms with Gasteiger partial charge in [-0.3, -0.25) is 4.68 Å². The maximum atomic E-state index is 12.2. The number of nitrogens with zero attached hydrogens (tertiary/aromatic N) is 3. The smallest absolute Gasteiger partial charge is 0.425 e. The third-order valence-corrected chi connectivity index (χ3v) is 2.08. The Labute approximate surface area is 124 Å². The van der Waals surface area contributed by atoms with Gasteiger partial charge in [-0.1, -0.05) is 0 Å². The molecular weight excluding hydrogens is 274 g/mol. The van der Waals surface area contributed by atoms with E-state index < -0.39 is 23.4 Å². The first kappa shape index (κ1) is 17.0. The van der Waals surface area contributed by atoms with Crippen LogP contribution < -0.4 is 4.90 Å². The second kappa shape index (κ2) is 5.75. The molecule has 0 saturated heterocycles. The van der Waals surface area contributed by atoms with Crippen LogP contribution >= 0.6 is 0 Å². The predicted octanol–water partition coefficient (Wildman–Crippen LogP) is 3.10. The van der Waals surface area contributed by atoms with Crippen LogP contribution in [-0.4, -0.2) is 33.2 Å². The van der Waals surface area contributed by atoms with E-state index in [1.165, 1.54) is 10.7 Å². The highest BCUT2D eigenvalue weighted by molar-refractivity contribution is 6.08. The number of amides is 2. The molecule has 0 aliphatic carbocycles. The molecule has 0 aliphatic heterocycles. The minimum Gasteiger partial charge on any atom is -0.443 e. The summed E-state index contributed by atoms with van der Waals surface area (Å²) in [5, 5.41) is 4.05. The van der Waals surface area contributed by atoms with Gasteiger partial charge < -0.3 is 9.47 Å². The van der Waals surface area contributed by atoms with Gasteiger partial charge in [-0.15, -0.1) is 0 Å². The summed E-state index contributed by atoms with van der Waals surface area (Å²) in [7, 11) is 1.69. The Balaban J connectivity index is 3.06. The third kappa shape index (κ3) is 5.45. The largest absolute Gasteiger partial charge is 0.443 e. The van der Waals surface area contributed by atoms with Gasteiger partial charge in [0, 0.05) is 19.3 Å². The number of aryl methyl sites for hydroxylation is 1. The van der Waals surface area contributed by atoms with Crippen LogP contribution in [0.3, 0.4) is 0 Å². The molecule has 7 nitrogen and oxygen atoms in total. The number of hydrogen-bond donors (Lipinski definition) is 0. The van der Waals surface area contributed by atoms with Crippen LogP contribution in [0.15, 0.2) is 12.3 Å². The van der Waals surface area contributed by atoms with Crippen LogP contribution in [-0.2, 0) is 16.5 Å². The molecule has 0 atom stereocenters. The first-order chi connectivity index (χ1) is 9.39. The number of rotatable bonds is 1. The Morgan fingerprint density at radius 2 is 1.48 bits per heavy atom. The lowest BCUT2D eigenvalue weighted by molar-refractivity contribution is 0.0429. The highest BCUT2D eigenvalue weighted by Gasteiger charge is 2.33. The Bertz CT molecular complexity index is 495. The van der Waals surface area contributed by atoms with Crippen molar-refractivity contribution in [2.75, 3.05) is 4.90 Å². The van der Waals surface area contributed by atoms with E-state index in [1.54, 1.807) is 54.8 Å². The van der Waals surface area contributed by atoms with Gasteiger partial charge in [-0.25, -0.2) is 9.59 Å². The van der Waals surface area contributed by atoms with Crippen molar-refractivity contribution in [2.24, 2.45) is 7.05 Å². The number of carbonyl (C=O) groups is 2. The van der Waals surface area contributed by atoms with Crippen LogP contribution in [0.4, 0.5) is 15.4 Å². The normalized spacial score (nSPS) is 12.0. The van der Waals surface area contributed by atoms with Crippen molar-refractivity contribution in [1.82, 2.24) is 9.78 Å². The number of imide groups is 1. The molecule has 21 heavy (non-hydrogen) atoms. The van der Waals surface area contributed by atoms with Crippen LogP contribution in [0.1, 0.15) is 41.5 Å². The van der Waals surface area contributed by atoms with Gasteiger partial charge in [0.05, 0.1) is 0 Å². The van der Waals surface area contributed by atoms with E-state index in [-0.39, 0.29) is 5.82 Å². The summed E-state index contributed by atoms with van der Waals surface area (Å²) in [4.78, 5) is 25.3. The lowest BCUT2D eigenvalue weighted by Gasteiger charge is -2.27. The van der Waals surface area contributed by atoms with Crippen molar-refractivity contribution in [2.45, 2.75) is 52.7 Å². The van der Waals surface area contributed by atoms with Crippen molar-refractivity contribution in [1.29, 1.82) is 0 Å². The lowest BCUT2D eigenvalue weighted by Crippen LogP contribution is -2.44. The SMILES string of the molecule is Cn1ccc(N(C(=O)OC(C)(C)C)C(=O)OC(C)(C)C)n1. The second-order valence-corrected chi connectivity index (χ2v) is 6.64. The van der Waals surface area contributed by atoms with E-state index >= 15 is 0 Å². The maximum Gasteiger partial charge on any atom is 0.425 e. The first-order valence-corrected chi connectivity index (χ1v) is 6.65. The van der Waals surface area contributed by atoms with Crippen LogP contribution in [0, 0.1) is 0 Å². The van der Waals surface area contributed by atoms with Gasteiger partial charge >= 0.3 is 12.2 Å². The van der Waals surface area contributed by atoms with E-state index in [9.17, 15) is 9.59 Å². The van der Waals surface area contributed by atoms with Crippen molar-refractivity contribution in [3.05, 3.63) is 12.3 Å². The summed E-state index contributed by atoms with van der Waals surface area (Å²) in [6.07, 6.45) is -0.0252. The van der Waals surface area contributed by atoms with E-state index in [2.05, 4.69) is 5.10 Å². The maximum absolute atomic E-state index is 12.2. The Hall–Kier alpha value is -2.05. The molecule has 0 spiro atoms. The zero-order valence-corrected chi connectivity index (χ0v) is 13.6. The number of ether oxygens (including phenoxy) is 2. The fourth-order valence-electron chi connectivity index (χ4n) is 1.40. The number of anilines is 1. The molecule has 0 N–H and O–H groups in total. The highest BCUT2D eigenvalue weighted by Crippen LogP contribution is 2.19. The quantitative estimate of drug-likeness (QED) is 0.796. The van der Waals surface area contributed by atoms with E-state index in [4.69, 9.17) is 9.47 Å². The number of carbonyl (C=O) groups excluding carboxylic acids is 2. The van der Waals surface area contributed by atoms with Gasteiger partial charge in [0.1, 0.15) is 11.2 Å². The molecule has 0 fully saturated rings. The minimum atomic E-state index is -0.824. The van der Waals surface area contributed by atoms with Gasteiger partial charge in [-0.2, -0.15) is 10.00 Å². The number of hydrogen-bond acceptors (Lipinski definition) is 5. The van der Waals surface area contributed by atoms with Gasteiger partial charge in [-0.05, 0) is 41.5 Å². The van der Waals surface area contributed by atoms with Gasteiger partial charge in [0.2, 0.25) is 0 Å². The van der Waals surface area contributed by atoms with Crippen LogP contribution in [0.2, 0.25) is 0 Å². The summed E-state index contributed by atoms with van der Waals surface area (Å²) in [6, 6.07) is 1.54. The molecule has 0 aliphatic rings. The van der Waals surface area contributed by atoms with Gasteiger partial charge in [0.25, 0.3) is 0 Å².